The first-order valence-corrected chi connectivity index (χ1v) is 8.11. The van der Waals surface area contributed by atoms with Crippen molar-refractivity contribution in [2.75, 3.05) is 0 Å². The largest absolute Gasteiger partial charge is 0.491 e. The lowest BCUT2D eigenvalue weighted by molar-refractivity contribution is 0.242. The van der Waals surface area contributed by atoms with Crippen LogP contribution in [0, 0.1) is 11.3 Å². The van der Waals surface area contributed by atoms with Crippen LogP contribution in [-0.2, 0) is 0 Å². The Morgan fingerprint density at radius 2 is 1.71 bits per heavy atom. The summed E-state index contributed by atoms with van der Waals surface area (Å²) >= 11 is 0. The third-order valence-corrected chi connectivity index (χ3v) is 3.97. The van der Waals surface area contributed by atoms with E-state index >= 15 is 0 Å². The van der Waals surface area contributed by atoms with Crippen LogP contribution < -0.4 is 10.1 Å². The highest BCUT2D eigenvalue weighted by atomic mass is 16.5. The number of benzene rings is 1. The van der Waals surface area contributed by atoms with Gasteiger partial charge in [0.25, 0.3) is 0 Å². The fourth-order valence-electron chi connectivity index (χ4n) is 2.90. The van der Waals surface area contributed by atoms with Crippen LogP contribution in [0.3, 0.4) is 0 Å². The Morgan fingerprint density at radius 1 is 1.10 bits per heavy atom. The van der Waals surface area contributed by atoms with Crippen LogP contribution in [0.25, 0.3) is 0 Å². The van der Waals surface area contributed by atoms with E-state index in [9.17, 15) is 5.26 Å². The number of ether oxygens (including phenoxy) is 1. The van der Waals surface area contributed by atoms with Gasteiger partial charge in [-0.3, -0.25) is 5.32 Å². The summed E-state index contributed by atoms with van der Waals surface area (Å²) < 4.78 is 5.65. The minimum absolute atomic E-state index is 0.173. The molecule has 3 nitrogen and oxygen atoms in total. The highest BCUT2D eigenvalue weighted by Gasteiger charge is 2.18. The van der Waals surface area contributed by atoms with Crippen molar-refractivity contribution in [2.45, 2.75) is 70.6 Å². The van der Waals surface area contributed by atoms with E-state index in [0.717, 1.165) is 11.3 Å². The smallest absolute Gasteiger partial charge is 0.121 e. The summed E-state index contributed by atoms with van der Waals surface area (Å²) in [5.41, 5.74) is 1.03. The number of nitriles is 1. The molecule has 0 amide bonds. The normalized spacial score (nSPS) is 18.0. The van der Waals surface area contributed by atoms with Crippen LogP contribution in [0.15, 0.2) is 24.3 Å². The summed E-state index contributed by atoms with van der Waals surface area (Å²) in [7, 11) is 0. The first kappa shape index (κ1) is 15.9. The molecule has 0 saturated heterocycles. The van der Waals surface area contributed by atoms with Crippen LogP contribution in [0.2, 0.25) is 0 Å². The molecule has 1 aliphatic carbocycles. The van der Waals surface area contributed by atoms with E-state index in [4.69, 9.17) is 4.74 Å². The Bertz CT molecular complexity index is 453. The number of hydrogen-bond acceptors (Lipinski definition) is 3. The van der Waals surface area contributed by atoms with Crippen molar-refractivity contribution in [3.63, 3.8) is 0 Å². The quantitative estimate of drug-likeness (QED) is 0.818. The van der Waals surface area contributed by atoms with E-state index in [0.29, 0.717) is 6.04 Å². The Morgan fingerprint density at radius 3 is 2.24 bits per heavy atom. The Hall–Kier alpha value is -1.53. The molecule has 0 aliphatic heterocycles. The van der Waals surface area contributed by atoms with E-state index in [2.05, 4.69) is 11.4 Å². The van der Waals surface area contributed by atoms with Gasteiger partial charge >= 0.3 is 0 Å². The van der Waals surface area contributed by atoms with Crippen molar-refractivity contribution in [1.82, 2.24) is 5.32 Å². The molecule has 1 atom stereocenters. The summed E-state index contributed by atoms with van der Waals surface area (Å²) in [6.07, 6.45) is 7.76. The van der Waals surface area contributed by atoms with Crippen molar-refractivity contribution >= 4 is 0 Å². The maximum absolute atomic E-state index is 9.45. The SMILES string of the molecule is CC(C)Oc1ccc(C(C#N)NC2CCCCCC2)cc1. The molecule has 3 heteroatoms. The zero-order valence-electron chi connectivity index (χ0n) is 13.1. The maximum atomic E-state index is 9.45. The van der Waals surface area contributed by atoms with E-state index in [1.165, 1.54) is 38.5 Å². The van der Waals surface area contributed by atoms with Gasteiger partial charge in [0.2, 0.25) is 0 Å². The molecule has 1 aliphatic rings. The fraction of sp³-hybridized carbons (Fsp3) is 0.611. The highest BCUT2D eigenvalue weighted by molar-refractivity contribution is 5.31. The number of nitrogens with one attached hydrogen (secondary N) is 1. The molecule has 0 spiro atoms. The first-order valence-electron chi connectivity index (χ1n) is 8.11. The molecule has 1 unspecified atom stereocenters. The summed E-state index contributed by atoms with van der Waals surface area (Å²) in [6.45, 7) is 4.03. The summed E-state index contributed by atoms with van der Waals surface area (Å²) in [4.78, 5) is 0. The average molecular weight is 286 g/mol. The van der Waals surface area contributed by atoms with Gasteiger partial charge in [0.1, 0.15) is 11.8 Å². The van der Waals surface area contributed by atoms with Crippen molar-refractivity contribution in [1.29, 1.82) is 5.26 Å². The van der Waals surface area contributed by atoms with E-state index in [1.54, 1.807) is 0 Å². The van der Waals surface area contributed by atoms with Crippen molar-refractivity contribution in [2.24, 2.45) is 0 Å². The van der Waals surface area contributed by atoms with Crippen LogP contribution >= 0.6 is 0 Å². The van der Waals surface area contributed by atoms with E-state index < -0.39 is 0 Å². The van der Waals surface area contributed by atoms with Gasteiger partial charge in [-0.1, -0.05) is 37.8 Å². The van der Waals surface area contributed by atoms with Gasteiger partial charge in [0.15, 0.2) is 0 Å². The fourth-order valence-corrected chi connectivity index (χ4v) is 2.90. The molecule has 2 rings (SSSR count). The van der Waals surface area contributed by atoms with Crippen LogP contribution in [0.4, 0.5) is 0 Å². The molecule has 0 bridgehead atoms. The number of nitrogens with zero attached hydrogens (tertiary/aromatic N) is 1. The molecule has 0 radical (unpaired) electrons. The standard InChI is InChI=1S/C18H26N2O/c1-14(2)21-17-11-9-15(10-12-17)18(13-19)20-16-7-5-3-4-6-8-16/h9-12,14,16,18,20H,3-8H2,1-2H3. The van der Waals surface area contributed by atoms with Gasteiger partial charge in [-0.2, -0.15) is 5.26 Å². The zero-order chi connectivity index (χ0) is 15.1. The van der Waals surface area contributed by atoms with Crippen LogP contribution in [0.5, 0.6) is 5.75 Å². The van der Waals surface area contributed by atoms with Gasteiger partial charge in [-0.05, 0) is 44.4 Å². The Kier molecular flexibility index (Phi) is 6.07. The third kappa shape index (κ3) is 5.06. The third-order valence-electron chi connectivity index (χ3n) is 3.97. The molecule has 1 aromatic carbocycles. The molecule has 114 valence electrons. The lowest BCUT2D eigenvalue weighted by Crippen LogP contribution is -2.31. The van der Waals surface area contributed by atoms with Crippen molar-refractivity contribution < 1.29 is 4.74 Å². The molecule has 0 aromatic heterocycles. The Balaban J connectivity index is 1.98. The minimum atomic E-state index is -0.221. The topological polar surface area (TPSA) is 45.0 Å². The van der Waals surface area contributed by atoms with E-state index in [1.807, 2.05) is 38.1 Å². The van der Waals surface area contributed by atoms with Gasteiger partial charge < -0.3 is 4.74 Å². The maximum Gasteiger partial charge on any atom is 0.121 e. The lowest BCUT2D eigenvalue weighted by atomic mass is 10.0. The van der Waals surface area contributed by atoms with Gasteiger partial charge in [-0.15, -0.1) is 0 Å². The molecule has 1 N–H and O–H groups in total. The lowest BCUT2D eigenvalue weighted by Gasteiger charge is -2.21. The van der Waals surface area contributed by atoms with Gasteiger partial charge in [0.05, 0.1) is 12.2 Å². The zero-order valence-corrected chi connectivity index (χ0v) is 13.1. The van der Waals surface area contributed by atoms with Crippen LogP contribution in [-0.4, -0.2) is 12.1 Å². The molecule has 21 heavy (non-hydrogen) atoms. The van der Waals surface area contributed by atoms with Crippen molar-refractivity contribution in [3.05, 3.63) is 29.8 Å². The number of rotatable bonds is 5. The second kappa shape index (κ2) is 8.05. The molecule has 1 fully saturated rings. The highest BCUT2D eigenvalue weighted by Crippen LogP contribution is 2.22. The summed E-state index contributed by atoms with van der Waals surface area (Å²) in [5, 5.41) is 13.0. The number of hydrogen-bond donors (Lipinski definition) is 1. The summed E-state index contributed by atoms with van der Waals surface area (Å²) in [5.74, 6) is 0.861. The molecule has 1 aromatic rings. The van der Waals surface area contributed by atoms with Crippen LogP contribution in [0.1, 0.15) is 64.0 Å². The van der Waals surface area contributed by atoms with E-state index in [-0.39, 0.29) is 12.1 Å². The Labute approximate surface area is 128 Å². The molecule has 1 saturated carbocycles. The second-order valence-electron chi connectivity index (χ2n) is 6.15. The minimum Gasteiger partial charge on any atom is -0.491 e. The predicted molar refractivity (Wildman–Crippen MR) is 85.2 cm³/mol. The molecule has 0 heterocycles. The predicted octanol–water partition coefficient (Wildman–Crippen LogP) is 4.35. The average Bonchev–Trinajstić information content (AvgIpc) is 2.74. The molecular formula is C18H26N2O. The first-order chi connectivity index (χ1) is 10.2. The second-order valence-corrected chi connectivity index (χ2v) is 6.15. The monoisotopic (exact) mass is 286 g/mol. The van der Waals surface area contributed by atoms with Crippen molar-refractivity contribution in [3.8, 4) is 11.8 Å². The van der Waals surface area contributed by atoms with Gasteiger partial charge in [0, 0.05) is 6.04 Å². The molecular weight excluding hydrogens is 260 g/mol. The van der Waals surface area contributed by atoms with Gasteiger partial charge in [-0.25, -0.2) is 0 Å². The summed E-state index contributed by atoms with van der Waals surface area (Å²) in [6, 6.07) is 10.5.